The third-order valence-corrected chi connectivity index (χ3v) is 4.03. The summed E-state index contributed by atoms with van der Waals surface area (Å²) >= 11 is 0. The van der Waals surface area contributed by atoms with E-state index in [1.54, 1.807) is 18.0 Å². The van der Waals surface area contributed by atoms with Crippen molar-refractivity contribution >= 4 is 6.03 Å². The van der Waals surface area contributed by atoms with Crippen LogP contribution in [0.4, 0.5) is 4.79 Å². The fourth-order valence-electron chi connectivity index (χ4n) is 2.62. The van der Waals surface area contributed by atoms with E-state index in [0.29, 0.717) is 13.1 Å². The van der Waals surface area contributed by atoms with Gasteiger partial charge in [-0.3, -0.25) is 4.68 Å². The summed E-state index contributed by atoms with van der Waals surface area (Å²) in [6, 6.07) is 9.79. The molecule has 2 atom stereocenters. The maximum absolute atomic E-state index is 12.5. The molecule has 0 saturated carbocycles. The van der Waals surface area contributed by atoms with E-state index in [4.69, 9.17) is 0 Å². The summed E-state index contributed by atoms with van der Waals surface area (Å²) in [5.41, 5.74) is 2.13. The van der Waals surface area contributed by atoms with E-state index in [-0.39, 0.29) is 18.1 Å². The quantitative estimate of drug-likeness (QED) is 0.811. The molecule has 0 aliphatic heterocycles. The minimum atomic E-state index is -0.558. The average molecular weight is 344 g/mol. The smallest absolute Gasteiger partial charge is 0.318 e. The van der Waals surface area contributed by atoms with Gasteiger partial charge in [0.2, 0.25) is 0 Å². The second-order valence-electron chi connectivity index (χ2n) is 6.72. The number of aliphatic hydroxyl groups is 1. The summed E-state index contributed by atoms with van der Waals surface area (Å²) in [5, 5.41) is 16.9. The fourth-order valence-corrected chi connectivity index (χ4v) is 2.62. The molecular formula is C19H28N4O2. The van der Waals surface area contributed by atoms with Gasteiger partial charge in [-0.1, -0.05) is 30.3 Å². The maximum Gasteiger partial charge on any atom is 0.318 e. The molecule has 1 heterocycles. The number of hydrogen-bond donors (Lipinski definition) is 2. The Balaban J connectivity index is 1.98. The summed E-state index contributed by atoms with van der Waals surface area (Å²) < 4.78 is 1.86. The molecule has 1 aromatic heterocycles. The number of nitrogens with zero attached hydrogens (tertiary/aromatic N) is 3. The van der Waals surface area contributed by atoms with Gasteiger partial charge in [0.25, 0.3) is 0 Å². The highest BCUT2D eigenvalue weighted by atomic mass is 16.3. The van der Waals surface area contributed by atoms with Gasteiger partial charge in [0, 0.05) is 24.3 Å². The summed E-state index contributed by atoms with van der Waals surface area (Å²) in [6.07, 6.45) is 3.17. The molecule has 2 unspecified atom stereocenters. The monoisotopic (exact) mass is 344 g/mol. The van der Waals surface area contributed by atoms with Gasteiger partial charge in [0.15, 0.2) is 0 Å². The van der Waals surface area contributed by atoms with E-state index < -0.39 is 6.10 Å². The Morgan fingerprint density at radius 1 is 1.24 bits per heavy atom. The Kier molecular flexibility index (Phi) is 6.58. The van der Waals surface area contributed by atoms with E-state index in [1.165, 1.54) is 5.56 Å². The van der Waals surface area contributed by atoms with Crippen LogP contribution in [0.5, 0.6) is 0 Å². The molecule has 6 heteroatoms. The fraction of sp³-hybridized carbons (Fsp3) is 0.474. The topological polar surface area (TPSA) is 70.4 Å². The number of carbonyl (C=O) groups is 1. The molecule has 0 fully saturated rings. The second kappa shape index (κ2) is 8.67. The molecule has 0 saturated heterocycles. The van der Waals surface area contributed by atoms with Gasteiger partial charge in [0.1, 0.15) is 0 Å². The summed E-state index contributed by atoms with van der Waals surface area (Å²) in [7, 11) is 0. The Bertz CT molecular complexity index is 667. The first kappa shape index (κ1) is 19.0. The van der Waals surface area contributed by atoms with Crippen LogP contribution in [0.1, 0.15) is 44.9 Å². The summed E-state index contributed by atoms with van der Waals surface area (Å²) in [4.78, 5) is 14.1. The van der Waals surface area contributed by atoms with Crippen LogP contribution in [0.15, 0.2) is 42.7 Å². The molecule has 2 N–H and O–H groups in total. The first-order chi connectivity index (χ1) is 11.9. The average Bonchev–Trinajstić information content (AvgIpc) is 3.01. The van der Waals surface area contributed by atoms with E-state index in [2.05, 4.69) is 22.5 Å². The lowest BCUT2D eigenvalue weighted by atomic mass is 10.2. The van der Waals surface area contributed by atoms with Crippen molar-refractivity contribution in [3.63, 3.8) is 0 Å². The van der Waals surface area contributed by atoms with Crippen LogP contribution in [0.25, 0.3) is 0 Å². The van der Waals surface area contributed by atoms with Crippen LogP contribution in [-0.4, -0.2) is 44.5 Å². The summed E-state index contributed by atoms with van der Waals surface area (Å²) in [6.45, 7) is 8.49. The Hall–Kier alpha value is -2.34. The molecule has 2 aromatic rings. The molecule has 6 nitrogen and oxygen atoms in total. The van der Waals surface area contributed by atoms with Crippen LogP contribution in [0.2, 0.25) is 0 Å². The van der Waals surface area contributed by atoms with E-state index >= 15 is 0 Å². The molecular weight excluding hydrogens is 316 g/mol. The summed E-state index contributed by atoms with van der Waals surface area (Å²) in [5.74, 6) is 0. The number of amides is 2. The van der Waals surface area contributed by atoms with Gasteiger partial charge in [-0.05, 0) is 33.3 Å². The molecule has 0 radical (unpaired) electrons. The maximum atomic E-state index is 12.5. The van der Waals surface area contributed by atoms with Gasteiger partial charge in [0.05, 0.1) is 24.9 Å². The van der Waals surface area contributed by atoms with E-state index in [9.17, 15) is 9.90 Å². The SMILES string of the molecule is CC(O)CN(C(=O)NC(C)c1cnn(Cc2ccccc2)c1)C(C)C. The highest BCUT2D eigenvalue weighted by Gasteiger charge is 2.21. The number of nitrogens with one attached hydrogen (secondary N) is 1. The molecule has 0 spiro atoms. The molecule has 136 valence electrons. The molecule has 0 aliphatic rings. The van der Waals surface area contributed by atoms with Gasteiger partial charge in [-0.25, -0.2) is 4.79 Å². The molecule has 25 heavy (non-hydrogen) atoms. The van der Waals surface area contributed by atoms with E-state index in [0.717, 1.165) is 5.56 Å². The zero-order valence-corrected chi connectivity index (χ0v) is 15.4. The predicted octanol–water partition coefficient (Wildman–Crippen LogP) is 2.79. The number of hydrogen-bond acceptors (Lipinski definition) is 3. The van der Waals surface area contributed by atoms with Crippen LogP contribution < -0.4 is 5.32 Å². The zero-order valence-electron chi connectivity index (χ0n) is 15.4. The number of rotatable bonds is 7. The van der Waals surface area contributed by atoms with E-state index in [1.807, 2.05) is 49.8 Å². The van der Waals surface area contributed by atoms with Crippen molar-refractivity contribution in [1.82, 2.24) is 20.0 Å². The predicted molar refractivity (Wildman–Crippen MR) is 98.2 cm³/mol. The largest absolute Gasteiger partial charge is 0.392 e. The number of urea groups is 1. The second-order valence-corrected chi connectivity index (χ2v) is 6.72. The van der Waals surface area contributed by atoms with Crippen LogP contribution >= 0.6 is 0 Å². The molecule has 0 aliphatic carbocycles. The number of aromatic nitrogens is 2. The first-order valence-electron chi connectivity index (χ1n) is 8.68. The Labute approximate surface area is 149 Å². The lowest BCUT2D eigenvalue weighted by Gasteiger charge is -2.29. The third-order valence-electron chi connectivity index (χ3n) is 4.03. The van der Waals surface area contributed by atoms with Crippen molar-refractivity contribution in [2.75, 3.05) is 6.54 Å². The highest BCUT2D eigenvalue weighted by molar-refractivity contribution is 5.75. The molecule has 0 bridgehead atoms. The number of carbonyl (C=O) groups excluding carboxylic acids is 1. The van der Waals surface area contributed by atoms with Crippen LogP contribution in [0.3, 0.4) is 0 Å². The molecule has 2 amide bonds. The van der Waals surface area contributed by atoms with Gasteiger partial charge in [-0.2, -0.15) is 5.10 Å². The Morgan fingerprint density at radius 3 is 2.52 bits per heavy atom. The number of benzene rings is 1. The lowest BCUT2D eigenvalue weighted by Crippen LogP contribution is -2.47. The van der Waals surface area contributed by atoms with Crippen molar-refractivity contribution in [3.8, 4) is 0 Å². The standard InChI is InChI=1S/C19H28N4O2/c1-14(2)23(11-15(3)24)19(25)21-16(4)18-10-20-22(13-18)12-17-8-6-5-7-9-17/h5-10,13-16,24H,11-12H2,1-4H3,(H,21,25). The Morgan fingerprint density at radius 2 is 1.92 bits per heavy atom. The molecule has 1 aromatic carbocycles. The van der Waals surface area contributed by atoms with Gasteiger partial charge >= 0.3 is 6.03 Å². The lowest BCUT2D eigenvalue weighted by molar-refractivity contribution is 0.117. The normalized spacial score (nSPS) is 13.5. The van der Waals surface area contributed by atoms with Crippen molar-refractivity contribution in [1.29, 1.82) is 0 Å². The first-order valence-corrected chi connectivity index (χ1v) is 8.68. The van der Waals surface area contributed by atoms with Crippen molar-refractivity contribution < 1.29 is 9.90 Å². The third kappa shape index (κ3) is 5.60. The van der Waals surface area contributed by atoms with Crippen molar-refractivity contribution in [2.45, 2.75) is 52.4 Å². The number of aliphatic hydroxyl groups excluding tert-OH is 1. The highest BCUT2D eigenvalue weighted by Crippen LogP contribution is 2.13. The van der Waals surface area contributed by atoms with Gasteiger partial charge in [-0.15, -0.1) is 0 Å². The van der Waals surface area contributed by atoms with Crippen molar-refractivity contribution in [2.24, 2.45) is 0 Å². The van der Waals surface area contributed by atoms with Gasteiger partial charge < -0.3 is 15.3 Å². The van der Waals surface area contributed by atoms with Crippen LogP contribution in [-0.2, 0) is 6.54 Å². The van der Waals surface area contributed by atoms with Crippen molar-refractivity contribution in [3.05, 3.63) is 53.9 Å². The minimum Gasteiger partial charge on any atom is -0.392 e. The van der Waals surface area contributed by atoms with Crippen LogP contribution in [0, 0.1) is 0 Å². The molecule has 2 rings (SSSR count). The zero-order chi connectivity index (χ0) is 18.4. The minimum absolute atomic E-state index is 0.0163.